The Hall–Kier alpha value is -1.27. The van der Waals surface area contributed by atoms with Gasteiger partial charge in [-0.2, -0.15) is 13.2 Å². The fourth-order valence-electron chi connectivity index (χ4n) is 2.46. The van der Waals surface area contributed by atoms with Crippen molar-refractivity contribution in [2.24, 2.45) is 0 Å². The summed E-state index contributed by atoms with van der Waals surface area (Å²) in [6.07, 6.45) is -2.28. The molecular formula is C15H20F3NO2. The molecule has 1 aromatic carbocycles. The van der Waals surface area contributed by atoms with Gasteiger partial charge >= 0.3 is 6.18 Å². The molecule has 21 heavy (non-hydrogen) atoms. The van der Waals surface area contributed by atoms with Crippen LogP contribution in [0.2, 0.25) is 0 Å². The summed E-state index contributed by atoms with van der Waals surface area (Å²) in [4.78, 5) is 2.16. The number of halogens is 3. The van der Waals surface area contributed by atoms with Gasteiger partial charge in [-0.05, 0) is 37.9 Å². The minimum absolute atomic E-state index is 0.110. The maximum atomic E-state index is 12.8. The number of likely N-dealkylation sites (tertiary alicyclic amines) is 1. The normalized spacial score (nSPS) is 19.9. The average molecular weight is 303 g/mol. The molecule has 0 amide bonds. The summed E-state index contributed by atoms with van der Waals surface area (Å²) < 4.78 is 43.5. The Labute approximate surface area is 122 Å². The SMILES string of the molecule is O[C@H]1CCN(CCCCOc2ccccc2C(F)(F)F)C1. The van der Waals surface area contributed by atoms with E-state index in [1.54, 1.807) is 0 Å². The first-order valence-electron chi connectivity index (χ1n) is 7.16. The lowest BCUT2D eigenvalue weighted by Gasteiger charge is -2.16. The molecule has 2 rings (SSSR count). The number of hydrogen-bond donors (Lipinski definition) is 1. The van der Waals surface area contributed by atoms with E-state index in [1.165, 1.54) is 18.2 Å². The fourth-order valence-corrected chi connectivity index (χ4v) is 2.46. The van der Waals surface area contributed by atoms with Gasteiger partial charge in [0.25, 0.3) is 0 Å². The summed E-state index contributed by atoms with van der Waals surface area (Å²) in [5.74, 6) is -0.110. The van der Waals surface area contributed by atoms with Gasteiger partial charge in [0, 0.05) is 13.1 Å². The molecule has 1 saturated heterocycles. The van der Waals surface area contributed by atoms with E-state index in [2.05, 4.69) is 4.90 Å². The Kier molecular flexibility index (Phi) is 5.47. The number of unbranched alkanes of at least 4 members (excludes halogenated alkanes) is 1. The van der Waals surface area contributed by atoms with E-state index < -0.39 is 11.7 Å². The molecule has 3 nitrogen and oxygen atoms in total. The summed E-state index contributed by atoms with van der Waals surface area (Å²) in [6.45, 7) is 2.70. The number of aliphatic hydroxyl groups is 1. The highest BCUT2D eigenvalue weighted by Crippen LogP contribution is 2.35. The first-order valence-corrected chi connectivity index (χ1v) is 7.16. The first kappa shape index (κ1) is 16.1. The van der Waals surface area contributed by atoms with Crippen molar-refractivity contribution < 1.29 is 23.0 Å². The minimum Gasteiger partial charge on any atom is -0.493 e. The standard InChI is InChI=1S/C15H20F3NO2/c16-15(17,18)13-5-1-2-6-14(13)21-10-4-3-8-19-9-7-12(20)11-19/h1-2,5-6,12,20H,3-4,7-11H2/t12-/m0/s1. The molecule has 118 valence electrons. The highest BCUT2D eigenvalue weighted by atomic mass is 19.4. The van der Waals surface area contributed by atoms with Crippen molar-refractivity contribution in [2.75, 3.05) is 26.2 Å². The predicted molar refractivity (Wildman–Crippen MR) is 73.2 cm³/mol. The van der Waals surface area contributed by atoms with Gasteiger partial charge in [-0.25, -0.2) is 0 Å². The van der Waals surface area contributed by atoms with Crippen molar-refractivity contribution in [1.82, 2.24) is 4.90 Å². The van der Waals surface area contributed by atoms with Crippen LogP contribution >= 0.6 is 0 Å². The number of benzene rings is 1. The molecule has 0 saturated carbocycles. The Morgan fingerprint density at radius 3 is 2.67 bits per heavy atom. The number of para-hydroxylation sites is 1. The topological polar surface area (TPSA) is 32.7 Å². The molecule has 6 heteroatoms. The number of nitrogens with zero attached hydrogens (tertiary/aromatic N) is 1. The zero-order valence-electron chi connectivity index (χ0n) is 11.8. The largest absolute Gasteiger partial charge is 0.493 e. The Balaban J connectivity index is 1.72. The zero-order valence-corrected chi connectivity index (χ0v) is 11.8. The lowest BCUT2D eigenvalue weighted by atomic mass is 10.2. The molecule has 1 aromatic rings. The van der Waals surface area contributed by atoms with Gasteiger partial charge in [0.2, 0.25) is 0 Å². The number of β-amino-alcohol motifs (C(OH)–C–C–N with tert-alkyl or cyclic N) is 1. The third-order valence-corrected chi connectivity index (χ3v) is 3.57. The van der Waals surface area contributed by atoms with Crippen molar-refractivity contribution in [3.05, 3.63) is 29.8 Å². The minimum atomic E-state index is -4.39. The van der Waals surface area contributed by atoms with Crippen molar-refractivity contribution >= 4 is 0 Å². The fraction of sp³-hybridized carbons (Fsp3) is 0.600. The maximum Gasteiger partial charge on any atom is 0.419 e. The van der Waals surface area contributed by atoms with E-state index in [0.29, 0.717) is 13.0 Å². The van der Waals surface area contributed by atoms with Crippen LogP contribution in [0, 0.1) is 0 Å². The van der Waals surface area contributed by atoms with Gasteiger partial charge in [0.1, 0.15) is 5.75 Å². The molecule has 0 aliphatic carbocycles. The molecule has 1 atom stereocenters. The molecule has 1 N–H and O–H groups in total. The predicted octanol–water partition coefficient (Wildman–Crippen LogP) is 2.93. The Morgan fingerprint density at radius 1 is 1.24 bits per heavy atom. The van der Waals surface area contributed by atoms with Crippen molar-refractivity contribution in [1.29, 1.82) is 0 Å². The maximum absolute atomic E-state index is 12.8. The molecule has 1 fully saturated rings. The highest BCUT2D eigenvalue weighted by molar-refractivity contribution is 5.35. The Morgan fingerprint density at radius 2 is 2.00 bits per heavy atom. The summed E-state index contributed by atoms with van der Waals surface area (Å²) in [5, 5.41) is 9.38. The smallest absolute Gasteiger partial charge is 0.419 e. The third kappa shape index (κ3) is 4.89. The Bertz CT molecular complexity index is 451. The number of rotatable bonds is 6. The van der Waals surface area contributed by atoms with E-state index in [9.17, 15) is 18.3 Å². The van der Waals surface area contributed by atoms with Crippen LogP contribution in [-0.4, -0.2) is 42.4 Å². The highest BCUT2D eigenvalue weighted by Gasteiger charge is 2.33. The van der Waals surface area contributed by atoms with Gasteiger partial charge in [0.15, 0.2) is 0 Å². The first-order chi connectivity index (χ1) is 9.97. The van der Waals surface area contributed by atoms with E-state index in [1.807, 2.05) is 0 Å². The molecule has 0 bridgehead atoms. The number of aliphatic hydroxyl groups excluding tert-OH is 1. The van der Waals surface area contributed by atoms with Crippen molar-refractivity contribution in [3.8, 4) is 5.75 Å². The number of alkyl halides is 3. The van der Waals surface area contributed by atoms with Crippen LogP contribution in [0.25, 0.3) is 0 Å². The van der Waals surface area contributed by atoms with Gasteiger partial charge in [-0.3, -0.25) is 0 Å². The van der Waals surface area contributed by atoms with Crippen molar-refractivity contribution in [3.63, 3.8) is 0 Å². The second-order valence-corrected chi connectivity index (χ2v) is 5.29. The van der Waals surface area contributed by atoms with E-state index in [0.717, 1.165) is 32.0 Å². The summed E-state index contributed by atoms with van der Waals surface area (Å²) in [5.41, 5.74) is -0.729. The zero-order chi connectivity index (χ0) is 15.3. The van der Waals surface area contributed by atoms with Gasteiger partial charge in [-0.1, -0.05) is 12.1 Å². The molecule has 0 spiro atoms. The molecule has 1 aliphatic heterocycles. The second-order valence-electron chi connectivity index (χ2n) is 5.29. The summed E-state index contributed by atoms with van der Waals surface area (Å²) >= 11 is 0. The lowest BCUT2D eigenvalue weighted by molar-refractivity contribution is -0.138. The van der Waals surface area contributed by atoms with Crippen LogP contribution in [0.1, 0.15) is 24.8 Å². The van der Waals surface area contributed by atoms with Crippen molar-refractivity contribution in [2.45, 2.75) is 31.5 Å². The summed E-state index contributed by atoms with van der Waals surface area (Å²) in [6, 6.07) is 5.27. The third-order valence-electron chi connectivity index (χ3n) is 3.57. The second kappa shape index (κ2) is 7.13. The lowest BCUT2D eigenvalue weighted by Crippen LogP contribution is -2.23. The van der Waals surface area contributed by atoms with Crippen LogP contribution in [0.3, 0.4) is 0 Å². The van der Waals surface area contributed by atoms with Gasteiger partial charge < -0.3 is 14.7 Å². The van der Waals surface area contributed by atoms with Crippen LogP contribution in [0.5, 0.6) is 5.75 Å². The molecule has 1 heterocycles. The number of ether oxygens (including phenoxy) is 1. The average Bonchev–Trinajstić information content (AvgIpc) is 2.83. The summed E-state index contributed by atoms with van der Waals surface area (Å²) in [7, 11) is 0. The molecular weight excluding hydrogens is 283 g/mol. The quantitative estimate of drug-likeness (QED) is 0.820. The number of hydrogen-bond acceptors (Lipinski definition) is 3. The van der Waals surface area contributed by atoms with Crippen LogP contribution < -0.4 is 4.74 Å². The van der Waals surface area contributed by atoms with E-state index in [-0.39, 0.29) is 18.5 Å². The van der Waals surface area contributed by atoms with Crippen LogP contribution in [-0.2, 0) is 6.18 Å². The van der Waals surface area contributed by atoms with Gasteiger partial charge in [0.05, 0.1) is 18.3 Å². The van der Waals surface area contributed by atoms with E-state index in [4.69, 9.17) is 4.74 Å². The molecule has 1 aliphatic rings. The molecule has 0 radical (unpaired) electrons. The molecule has 0 unspecified atom stereocenters. The van der Waals surface area contributed by atoms with Crippen LogP contribution in [0.4, 0.5) is 13.2 Å². The monoisotopic (exact) mass is 303 g/mol. The van der Waals surface area contributed by atoms with Crippen LogP contribution in [0.15, 0.2) is 24.3 Å². The van der Waals surface area contributed by atoms with Gasteiger partial charge in [-0.15, -0.1) is 0 Å². The molecule has 0 aromatic heterocycles. The van der Waals surface area contributed by atoms with E-state index >= 15 is 0 Å².